The molecule has 2 aliphatic heterocycles. The number of carbonyl (C=O) groups excluding carboxylic acids is 2. The number of piperazine rings is 2. The predicted octanol–water partition coefficient (Wildman–Crippen LogP) is 4.13. The van der Waals surface area contributed by atoms with Crippen molar-refractivity contribution in [2.45, 2.75) is 72.4 Å². The quantitative estimate of drug-likeness (QED) is 0.195. The molecule has 2 amide bonds. The maximum absolute atomic E-state index is 13.5. The maximum Gasteiger partial charge on any atom is 0.441 e. The Labute approximate surface area is 363 Å². The molecule has 6 rings (SSSR count). The average Bonchev–Trinajstić information content (AvgIpc) is 3.17. The van der Waals surface area contributed by atoms with Crippen LogP contribution >= 0.6 is 11.6 Å². The van der Waals surface area contributed by atoms with Gasteiger partial charge in [-0.25, -0.2) is 28.0 Å². The van der Waals surface area contributed by atoms with Crippen LogP contribution in [0.15, 0.2) is 54.8 Å². The van der Waals surface area contributed by atoms with Crippen LogP contribution in [0, 0.1) is 11.6 Å². The van der Waals surface area contributed by atoms with Crippen molar-refractivity contribution in [2.24, 2.45) is 5.73 Å². The van der Waals surface area contributed by atoms with Crippen molar-refractivity contribution < 1.29 is 46.9 Å². The topological polar surface area (TPSA) is 230 Å². The van der Waals surface area contributed by atoms with Gasteiger partial charge in [-0.3, -0.25) is 9.80 Å². The maximum atomic E-state index is 13.5. The monoisotopic (exact) mass is 896 g/mol. The Hall–Kier alpha value is -4.99. The number of aliphatic hydroxyl groups is 2. The van der Waals surface area contributed by atoms with E-state index in [1.165, 1.54) is 30.3 Å². The Morgan fingerprint density at radius 3 is 1.63 bits per heavy atom. The molecule has 344 valence electrons. The van der Waals surface area contributed by atoms with Gasteiger partial charge in [0.1, 0.15) is 45.0 Å². The number of aliphatic hydroxyl groups excluding tert-OH is 2. The third-order valence-corrected chi connectivity index (χ3v) is 9.20. The van der Waals surface area contributed by atoms with Gasteiger partial charge < -0.3 is 49.4 Å². The summed E-state index contributed by atoms with van der Waals surface area (Å²) in [6.45, 7) is 17.4. The number of anilines is 1. The zero-order chi connectivity index (χ0) is 45.1. The highest BCUT2D eigenvalue weighted by atomic mass is 35.5. The normalized spacial score (nSPS) is 15.9. The largest absolute Gasteiger partial charge is 0.444 e. The zero-order valence-electron chi connectivity index (χ0n) is 35.2. The zero-order valence-corrected chi connectivity index (χ0v) is 35.9. The number of aromatic nitrogens is 2. The fourth-order valence-corrected chi connectivity index (χ4v) is 6.23. The minimum atomic E-state index is -0.802. The average molecular weight is 897 g/mol. The first kappa shape index (κ1) is 51.4. The summed E-state index contributed by atoms with van der Waals surface area (Å²) in [5.41, 5.74) is 4.83. The van der Waals surface area contributed by atoms with Crippen molar-refractivity contribution in [3.63, 3.8) is 0 Å². The molecule has 62 heavy (non-hydrogen) atoms. The van der Waals surface area contributed by atoms with Gasteiger partial charge in [0, 0.05) is 78.5 Å². The summed E-state index contributed by atoms with van der Waals surface area (Å²) in [6, 6.07) is 7.45. The highest BCUT2D eigenvalue weighted by molar-refractivity contribution is 6.33. The molecule has 4 heterocycles. The van der Waals surface area contributed by atoms with E-state index in [0.717, 1.165) is 19.2 Å². The lowest BCUT2D eigenvalue weighted by Crippen LogP contribution is -2.52. The van der Waals surface area contributed by atoms with E-state index in [-0.39, 0.29) is 54.8 Å². The van der Waals surface area contributed by atoms with Gasteiger partial charge >= 0.3 is 23.7 Å². The van der Waals surface area contributed by atoms with Crippen LogP contribution in [-0.4, -0.2) is 154 Å². The molecular weight excluding hydrogens is 838 g/mol. The summed E-state index contributed by atoms with van der Waals surface area (Å²) in [7, 11) is 0. The molecule has 18 nitrogen and oxygen atoms in total. The number of carbonyl (C=O) groups is 2. The van der Waals surface area contributed by atoms with Crippen LogP contribution in [0.3, 0.4) is 0 Å². The highest BCUT2D eigenvalue weighted by Crippen LogP contribution is 2.22. The summed E-state index contributed by atoms with van der Waals surface area (Å²) in [4.78, 5) is 60.8. The number of halogens is 3. The van der Waals surface area contributed by atoms with Gasteiger partial charge in [-0.1, -0.05) is 19.0 Å². The molecule has 0 bridgehead atoms. The number of β-amino-alcohol motifs (C(OH)–C–C–N with tert-alkyl or cyclic N) is 2. The third kappa shape index (κ3) is 16.7. The van der Waals surface area contributed by atoms with Gasteiger partial charge in [0.2, 0.25) is 0 Å². The van der Waals surface area contributed by atoms with Gasteiger partial charge in [0.15, 0.2) is 0 Å². The lowest BCUT2D eigenvalue weighted by atomic mass is 10.2. The van der Waals surface area contributed by atoms with E-state index in [2.05, 4.69) is 24.6 Å². The number of fused-ring (bicyclic) bond motifs is 2. The molecule has 2 aromatic heterocycles. The molecule has 4 aromatic rings. The number of nitrogens with two attached hydrogens (primary N) is 1. The number of rotatable bonds is 8. The number of amides is 2. The highest BCUT2D eigenvalue weighted by Gasteiger charge is 2.28. The van der Waals surface area contributed by atoms with Crippen LogP contribution in [0.25, 0.3) is 21.9 Å². The van der Waals surface area contributed by atoms with Crippen molar-refractivity contribution in [3.8, 4) is 0 Å². The Balaban J connectivity index is 0.000000271. The van der Waals surface area contributed by atoms with E-state index in [9.17, 15) is 38.2 Å². The second-order valence-corrected chi connectivity index (χ2v) is 16.7. The summed E-state index contributed by atoms with van der Waals surface area (Å²) < 4.78 is 46.6. The van der Waals surface area contributed by atoms with Gasteiger partial charge in [-0.15, -0.1) is 0 Å². The summed E-state index contributed by atoms with van der Waals surface area (Å²) >= 11 is 5.60. The van der Waals surface area contributed by atoms with Crippen LogP contribution in [0.4, 0.5) is 24.2 Å². The van der Waals surface area contributed by atoms with E-state index in [1.807, 2.05) is 46.4 Å². The van der Waals surface area contributed by atoms with Crippen LogP contribution < -0.4 is 22.6 Å². The van der Waals surface area contributed by atoms with E-state index in [0.29, 0.717) is 63.1 Å². The summed E-state index contributed by atoms with van der Waals surface area (Å²) in [5.74, 6) is -2.36. The molecule has 0 spiro atoms. The fourth-order valence-electron chi connectivity index (χ4n) is 6.02. The molecule has 2 fully saturated rings. The number of benzene rings is 2. The Kier molecular flexibility index (Phi) is 19.0. The first-order chi connectivity index (χ1) is 28.6. The standard InChI is InChI=1S/C20H27FN4O5.C12H25N3O3.C8H3ClFNO2.CH4/c1-20(2,3)30-19(28)25-8-6-24(7-9-25)12-14(26)11-22-17-15-10-13(21)4-5-16(15)29-18(27)23-17;1-12(2,3)18-11(17)15-6-4-14(5-7-15)9-10(16)8-13;9-7-5-3-4(10)1-2-6(5)13-8(12)11-7;/h4-5,10,14,26H,6-9,11-12H2,1-3H3,(H,22,23,27);10,16H,4-9,13H2,1-3H3;1-3H;1H4. The SMILES string of the molecule is C.CC(C)(C)OC(=O)N1CCN(CC(O)CN)CC1.CC(C)(C)OC(=O)N1CCN(CC(O)CNc2nc(=O)oc3ccc(F)cc23)CC1.O=c1nc(Cl)c2cc(F)ccc2o1. The second kappa shape index (κ2) is 22.9. The molecule has 2 atom stereocenters. The fraction of sp³-hybridized carbons (Fsp3) is 0.561. The molecule has 2 saturated heterocycles. The predicted molar refractivity (Wildman–Crippen MR) is 230 cm³/mol. The molecule has 2 unspecified atom stereocenters. The van der Waals surface area contributed by atoms with E-state index in [4.69, 9.17) is 31.2 Å². The number of hydrogen-bond acceptors (Lipinski definition) is 16. The van der Waals surface area contributed by atoms with Crippen molar-refractivity contribution >= 4 is 51.5 Å². The molecule has 2 aliphatic rings. The van der Waals surface area contributed by atoms with Crippen LogP contribution in [0.1, 0.15) is 49.0 Å². The minimum absolute atomic E-state index is 0. The van der Waals surface area contributed by atoms with Crippen molar-refractivity contribution in [1.82, 2.24) is 29.6 Å². The molecular formula is C41H59ClF2N8O10. The van der Waals surface area contributed by atoms with Crippen LogP contribution in [0.5, 0.6) is 0 Å². The molecule has 0 radical (unpaired) electrons. The Morgan fingerprint density at radius 2 is 1.18 bits per heavy atom. The van der Waals surface area contributed by atoms with Crippen LogP contribution in [0.2, 0.25) is 5.15 Å². The molecule has 0 saturated carbocycles. The number of nitrogens with one attached hydrogen (secondary N) is 1. The van der Waals surface area contributed by atoms with Gasteiger partial charge in [0.25, 0.3) is 0 Å². The Bertz CT molecular complexity index is 2200. The van der Waals surface area contributed by atoms with E-state index < -0.39 is 46.6 Å². The lowest BCUT2D eigenvalue weighted by Gasteiger charge is -2.36. The molecule has 21 heteroatoms. The van der Waals surface area contributed by atoms with Crippen molar-refractivity contribution in [1.29, 1.82) is 0 Å². The number of nitrogens with zero attached hydrogens (tertiary/aromatic N) is 6. The number of hydrogen-bond donors (Lipinski definition) is 4. The summed E-state index contributed by atoms with van der Waals surface area (Å²) in [6.07, 6.45) is -1.84. The summed E-state index contributed by atoms with van der Waals surface area (Å²) in [5, 5.41) is 23.3. The molecule has 2 aromatic carbocycles. The minimum Gasteiger partial charge on any atom is -0.444 e. The third-order valence-electron chi connectivity index (χ3n) is 8.91. The van der Waals surface area contributed by atoms with Crippen molar-refractivity contribution in [2.75, 3.05) is 83.9 Å². The first-order valence-electron chi connectivity index (χ1n) is 19.7. The van der Waals surface area contributed by atoms with E-state index in [1.54, 1.807) is 9.80 Å². The van der Waals surface area contributed by atoms with E-state index >= 15 is 0 Å². The Morgan fingerprint density at radius 1 is 0.758 bits per heavy atom. The second-order valence-electron chi connectivity index (χ2n) is 16.3. The van der Waals surface area contributed by atoms with Crippen LogP contribution in [-0.2, 0) is 9.47 Å². The van der Waals surface area contributed by atoms with Gasteiger partial charge in [-0.2, -0.15) is 9.97 Å². The van der Waals surface area contributed by atoms with Gasteiger partial charge in [-0.05, 0) is 77.9 Å². The lowest BCUT2D eigenvalue weighted by molar-refractivity contribution is 0.00963. The first-order valence-corrected chi connectivity index (χ1v) is 20.0. The smallest absolute Gasteiger partial charge is 0.441 e. The molecule has 0 aliphatic carbocycles. The molecule has 5 N–H and O–H groups in total. The van der Waals surface area contributed by atoms with Gasteiger partial charge in [0.05, 0.1) is 23.0 Å². The van der Waals surface area contributed by atoms with Crippen molar-refractivity contribution in [3.05, 3.63) is 74.3 Å². The number of ether oxygens (including phenoxy) is 2.